The average molecular weight is 254 g/mol. The largest absolute Gasteiger partial charge is 0.271 e. The zero-order valence-corrected chi connectivity index (χ0v) is 10.1. The Labute approximate surface area is 108 Å². The second kappa shape index (κ2) is 4.16. The SMILES string of the molecule is Cc1cccc(-n2nnc3ccc([N+](=O)[O-])cc32)c1. The summed E-state index contributed by atoms with van der Waals surface area (Å²) >= 11 is 0. The highest BCUT2D eigenvalue weighted by molar-refractivity contribution is 5.78. The molecule has 6 heteroatoms. The molecule has 0 amide bonds. The third-order valence-corrected chi connectivity index (χ3v) is 2.89. The lowest BCUT2D eigenvalue weighted by Gasteiger charge is -2.02. The molecule has 0 bridgehead atoms. The number of nitrogens with zero attached hydrogens (tertiary/aromatic N) is 4. The van der Waals surface area contributed by atoms with E-state index in [2.05, 4.69) is 10.3 Å². The van der Waals surface area contributed by atoms with E-state index < -0.39 is 4.92 Å². The molecule has 0 aliphatic carbocycles. The van der Waals surface area contributed by atoms with Crippen molar-refractivity contribution in [2.24, 2.45) is 0 Å². The maximum Gasteiger partial charge on any atom is 0.271 e. The molecule has 0 radical (unpaired) electrons. The molecule has 1 aromatic heterocycles. The summed E-state index contributed by atoms with van der Waals surface area (Å²) < 4.78 is 1.61. The number of fused-ring (bicyclic) bond motifs is 1. The molecule has 2 aromatic carbocycles. The average Bonchev–Trinajstić information content (AvgIpc) is 2.81. The van der Waals surface area contributed by atoms with E-state index >= 15 is 0 Å². The van der Waals surface area contributed by atoms with Crippen LogP contribution in [-0.4, -0.2) is 19.9 Å². The molecule has 0 unspecified atom stereocenters. The van der Waals surface area contributed by atoms with Gasteiger partial charge in [-0.25, -0.2) is 4.68 Å². The van der Waals surface area contributed by atoms with Gasteiger partial charge in [-0.15, -0.1) is 5.10 Å². The van der Waals surface area contributed by atoms with Gasteiger partial charge in [0.2, 0.25) is 0 Å². The lowest BCUT2D eigenvalue weighted by molar-refractivity contribution is -0.384. The minimum atomic E-state index is -0.424. The number of nitro groups is 1. The zero-order chi connectivity index (χ0) is 13.4. The highest BCUT2D eigenvalue weighted by atomic mass is 16.6. The predicted molar refractivity (Wildman–Crippen MR) is 70.3 cm³/mol. The van der Waals surface area contributed by atoms with Gasteiger partial charge in [0.05, 0.1) is 10.6 Å². The highest BCUT2D eigenvalue weighted by Gasteiger charge is 2.12. The van der Waals surface area contributed by atoms with Crippen molar-refractivity contribution in [2.75, 3.05) is 0 Å². The molecule has 0 fully saturated rings. The quantitative estimate of drug-likeness (QED) is 0.520. The van der Waals surface area contributed by atoms with E-state index in [1.807, 2.05) is 31.2 Å². The van der Waals surface area contributed by atoms with Crippen molar-refractivity contribution in [2.45, 2.75) is 6.92 Å². The Morgan fingerprint density at radius 1 is 1.21 bits per heavy atom. The van der Waals surface area contributed by atoms with Gasteiger partial charge < -0.3 is 0 Å². The fraction of sp³-hybridized carbons (Fsp3) is 0.0769. The molecule has 0 spiro atoms. The van der Waals surface area contributed by atoms with Crippen LogP contribution in [-0.2, 0) is 0 Å². The summed E-state index contributed by atoms with van der Waals surface area (Å²) in [6, 6.07) is 12.2. The number of non-ortho nitro benzene ring substituents is 1. The van der Waals surface area contributed by atoms with Crippen LogP contribution in [0.3, 0.4) is 0 Å². The topological polar surface area (TPSA) is 73.8 Å². The molecule has 3 aromatic rings. The molecular weight excluding hydrogens is 244 g/mol. The van der Waals surface area contributed by atoms with E-state index in [1.165, 1.54) is 12.1 Å². The van der Waals surface area contributed by atoms with Crippen molar-refractivity contribution in [1.82, 2.24) is 15.0 Å². The van der Waals surface area contributed by atoms with Gasteiger partial charge in [0.1, 0.15) is 11.0 Å². The second-order valence-electron chi connectivity index (χ2n) is 4.27. The van der Waals surface area contributed by atoms with Crippen LogP contribution in [0.25, 0.3) is 16.7 Å². The Morgan fingerprint density at radius 3 is 2.79 bits per heavy atom. The third-order valence-electron chi connectivity index (χ3n) is 2.89. The summed E-state index contributed by atoms with van der Waals surface area (Å²) in [5.41, 5.74) is 3.21. The van der Waals surface area contributed by atoms with Crippen LogP contribution >= 0.6 is 0 Å². The molecule has 3 rings (SSSR count). The second-order valence-corrected chi connectivity index (χ2v) is 4.27. The van der Waals surface area contributed by atoms with E-state index in [9.17, 15) is 10.1 Å². The number of hydrogen-bond acceptors (Lipinski definition) is 4. The monoisotopic (exact) mass is 254 g/mol. The summed E-state index contributed by atoms with van der Waals surface area (Å²) in [5.74, 6) is 0. The van der Waals surface area contributed by atoms with Gasteiger partial charge in [-0.3, -0.25) is 10.1 Å². The summed E-state index contributed by atoms with van der Waals surface area (Å²) in [4.78, 5) is 10.4. The molecule has 0 saturated heterocycles. The molecule has 19 heavy (non-hydrogen) atoms. The molecule has 6 nitrogen and oxygen atoms in total. The fourth-order valence-electron chi connectivity index (χ4n) is 1.97. The molecule has 0 saturated carbocycles. The van der Waals surface area contributed by atoms with Crippen LogP contribution in [0.5, 0.6) is 0 Å². The Morgan fingerprint density at radius 2 is 2.05 bits per heavy atom. The van der Waals surface area contributed by atoms with Gasteiger partial charge in [0.25, 0.3) is 5.69 Å². The van der Waals surface area contributed by atoms with Gasteiger partial charge in [-0.05, 0) is 30.7 Å². The number of rotatable bonds is 2. The van der Waals surface area contributed by atoms with Gasteiger partial charge >= 0.3 is 0 Å². The minimum absolute atomic E-state index is 0.0312. The maximum absolute atomic E-state index is 10.8. The molecular formula is C13H10N4O2. The lowest BCUT2D eigenvalue weighted by Crippen LogP contribution is -1.97. The molecule has 0 aliphatic rings. The van der Waals surface area contributed by atoms with Crippen molar-refractivity contribution in [1.29, 1.82) is 0 Å². The number of aromatic nitrogens is 3. The number of benzene rings is 2. The molecule has 0 aliphatic heterocycles. The zero-order valence-electron chi connectivity index (χ0n) is 10.1. The molecule has 0 atom stereocenters. The van der Waals surface area contributed by atoms with Crippen molar-refractivity contribution in [3.63, 3.8) is 0 Å². The van der Waals surface area contributed by atoms with Crippen molar-refractivity contribution in [3.8, 4) is 5.69 Å². The van der Waals surface area contributed by atoms with Gasteiger partial charge in [0.15, 0.2) is 0 Å². The van der Waals surface area contributed by atoms with Crippen LogP contribution in [0, 0.1) is 17.0 Å². The first-order valence-electron chi connectivity index (χ1n) is 5.72. The minimum Gasteiger partial charge on any atom is -0.258 e. The number of hydrogen-bond donors (Lipinski definition) is 0. The summed E-state index contributed by atoms with van der Waals surface area (Å²) in [7, 11) is 0. The van der Waals surface area contributed by atoms with E-state index in [4.69, 9.17) is 0 Å². The smallest absolute Gasteiger partial charge is 0.258 e. The standard InChI is InChI=1S/C13H10N4O2/c1-9-3-2-4-10(7-9)16-13-8-11(17(18)19)5-6-12(13)14-15-16/h2-8H,1H3. The number of nitro benzene ring substituents is 1. The van der Waals surface area contributed by atoms with E-state index in [0.717, 1.165) is 11.3 Å². The lowest BCUT2D eigenvalue weighted by atomic mass is 10.2. The van der Waals surface area contributed by atoms with Gasteiger partial charge in [0, 0.05) is 12.1 Å². The van der Waals surface area contributed by atoms with Crippen LogP contribution in [0.15, 0.2) is 42.5 Å². The molecule has 1 heterocycles. The Bertz CT molecular complexity index is 779. The van der Waals surface area contributed by atoms with Crippen molar-refractivity contribution < 1.29 is 4.92 Å². The van der Waals surface area contributed by atoms with Crippen molar-refractivity contribution in [3.05, 3.63) is 58.1 Å². The van der Waals surface area contributed by atoms with Crippen molar-refractivity contribution >= 4 is 16.7 Å². The van der Waals surface area contributed by atoms with E-state index in [-0.39, 0.29) is 5.69 Å². The summed E-state index contributed by atoms with van der Waals surface area (Å²) in [6.45, 7) is 1.98. The Balaban J connectivity index is 2.24. The maximum atomic E-state index is 10.8. The van der Waals surface area contributed by atoms with Crippen LogP contribution < -0.4 is 0 Å². The van der Waals surface area contributed by atoms with E-state index in [1.54, 1.807) is 10.7 Å². The summed E-state index contributed by atoms with van der Waals surface area (Å²) in [5, 5.41) is 18.9. The highest BCUT2D eigenvalue weighted by Crippen LogP contribution is 2.21. The molecule has 94 valence electrons. The summed E-state index contributed by atoms with van der Waals surface area (Å²) in [6.07, 6.45) is 0. The van der Waals surface area contributed by atoms with Gasteiger partial charge in [-0.1, -0.05) is 17.3 Å². The normalized spacial score (nSPS) is 10.8. The van der Waals surface area contributed by atoms with E-state index in [0.29, 0.717) is 11.0 Å². The Kier molecular flexibility index (Phi) is 2.49. The van der Waals surface area contributed by atoms with Crippen LogP contribution in [0.2, 0.25) is 0 Å². The van der Waals surface area contributed by atoms with Gasteiger partial charge in [-0.2, -0.15) is 0 Å². The first-order valence-corrected chi connectivity index (χ1v) is 5.72. The first kappa shape index (κ1) is 11.3. The Hall–Kier alpha value is -2.76. The third kappa shape index (κ3) is 1.93. The number of aryl methyl sites for hydroxylation is 1. The first-order chi connectivity index (χ1) is 9.15. The van der Waals surface area contributed by atoms with Crippen LogP contribution in [0.1, 0.15) is 5.56 Å². The molecule has 0 N–H and O–H groups in total. The fourth-order valence-corrected chi connectivity index (χ4v) is 1.97. The van der Waals surface area contributed by atoms with Crippen LogP contribution in [0.4, 0.5) is 5.69 Å². The predicted octanol–water partition coefficient (Wildman–Crippen LogP) is 2.64.